The van der Waals surface area contributed by atoms with Crippen LogP contribution in [-0.2, 0) is 16.0 Å². The van der Waals surface area contributed by atoms with Gasteiger partial charge < -0.3 is 14.4 Å². The molecule has 1 aliphatic rings. The first kappa shape index (κ1) is 19.8. The summed E-state index contributed by atoms with van der Waals surface area (Å²) in [6.45, 7) is 5.59. The van der Waals surface area contributed by atoms with Gasteiger partial charge in [-0.05, 0) is 49.1 Å². The predicted molar refractivity (Wildman–Crippen MR) is 107 cm³/mol. The van der Waals surface area contributed by atoms with Crippen LogP contribution in [0.1, 0.15) is 22.7 Å². The lowest BCUT2D eigenvalue weighted by atomic mass is 9.94. The highest BCUT2D eigenvalue weighted by atomic mass is 16.5. The van der Waals surface area contributed by atoms with E-state index in [1.807, 2.05) is 18.6 Å². The second kappa shape index (κ2) is 9.28. The number of nitrogens with zero attached hydrogens (tertiary/aromatic N) is 3. The number of ether oxygens (including phenoxy) is 1. The van der Waals surface area contributed by atoms with E-state index in [1.54, 1.807) is 0 Å². The van der Waals surface area contributed by atoms with Crippen molar-refractivity contribution in [3.63, 3.8) is 0 Å². The Bertz CT molecular complexity index is 888. The zero-order valence-corrected chi connectivity index (χ0v) is 16.2. The molecule has 3 heterocycles. The molecule has 6 nitrogen and oxygen atoms in total. The van der Waals surface area contributed by atoms with Crippen molar-refractivity contribution >= 4 is 6.47 Å². The van der Waals surface area contributed by atoms with Gasteiger partial charge in [-0.2, -0.15) is 0 Å². The number of rotatable bonds is 4. The third-order valence-corrected chi connectivity index (χ3v) is 5.14. The van der Waals surface area contributed by atoms with Gasteiger partial charge in [-0.1, -0.05) is 18.2 Å². The van der Waals surface area contributed by atoms with E-state index in [4.69, 9.17) is 19.6 Å². The molecule has 146 valence electrons. The lowest BCUT2D eigenvalue weighted by Gasteiger charge is -2.22. The molecule has 3 aromatic rings. The molecule has 1 fully saturated rings. The van der Waals surface area contributed by atoms with Crippen LogP contribution in [0.5, 0.6) is 0 Å². The average molecular weight is 379 g/mol. The van der Waals surface area contributed by atoms with Gasteiger partial charge in [0.15, 0.2) is 0 Å². The fourth-order valence-electron chi connectivity index (χ4n) is 3.85. The molecule has 4 rings (SSSR count). The van der Waals surface area contributed by atoms with E-state index in [9.17, 15) is 0 Å². The van der Waals surface area contributed by atoms with E-state index >= 15 is 0 Å². The maximum atomic E-state index is 8.36. The monoisotopic (exact) mass is 379 g/mol. The minimum Gasteiger partial charge on any atom is -0.483 e. The van der Waals surface area contributed by atoms with Crippen LogP contribution in [0.3, 0.4) is 0 Å². The molecular weight excluding hydrogens is 354 g/mol. The number of hydrogen-bond acceptors (Lipinski definition) is 4. The minimum absolute atomic E-state index is 0.250. The summed E-state index contributed by atoms with van der Waals surface area (Å²) >= 11 is 0. The van der Waals surface area contributed by atoms with Crippen LogP contribution < -0.4 is 0 Å². The molecule has 2 aromatic heterocycles. The SMILES string of the molecule is Cc1cccc(C)c1-c1nccn1[C@@H]1COC[C@H]1Cc1ccncc1.O=CO. The van der Waals surface area contributed by atoms with Gasteiger partial charge in [0.1, 0.15) is 5.82 Å². The Morgan fingerprint density at radius 3 is 2.50 bits per heavy atom. The van der Waals surface area contributed by atoms with Crippen LogP contribution in [0.2, 0.25) is 0 Å². The molecule has 0 radical (unpaired) electrons. The van der Waals surface area contributed by atoms with Crippen LogP contribution in [0.25, 0.3) is 11.4 Å². The Labute approximate surface area is 164 Å². The topological polar surface area (TPSA) is 77.2 Å². The van der Waals surface area contributed by atoms with E-state index in [0.29, 0.717) is 12.0 Å². The van der Waals surface area contributed by atoms with Crippen molar-refractivity contribution in [3.8, 4) is 11.4 Å². The van der Waals surface area contributed by atoms with Crippen molar-refractivity contribution in [3.05, 3.63) is 71.8 Å². The standard InChI is InChI=1S/C21H23N3O.CH2O2/c1-15-4-3-5-16(2)20(15)21-23-10-11-24(21)19-14-25-13-18(19)12-17-6-8-22-9-7-17;2-1-3/h3-11,18-19H,12-14H2,1-2H3;1H,(H,2,3)/t18-,19-;/m1./s1. The Balaban J connectivity index is 0.000000706. The zero-order chi connectivity index (χ0) is 19.9. The lowest BCUT2D eigenvalue weighted by molar-refractivity contribution is -0.122. The summed E-state index contributed by atoms with van der Waals surface area (Å²) in [5.74, 6) is 1.49. The molecule has 1 aromatic carbocycles. The largest absolute Gasteiger partial charge is 0.483 e. The van der Waals surface area contributed by atoms with E-state index in [2.05, 4.69) is 59.9 Å². The van der Waals surface area contributed by atoms with Gasteiger partial charge in [0.05, 0.1) is 19.3 Å². The maximum Gasteiger partial charge on any atom is 0.290 e. The molecule has 0 bridgehead atoms. The van der Waals surface area contributed by atoms with Crippen LogP contribution >= 0.6 is 0 Å². The number of carboxylic acid groups (broad SMARTS) is 1. The average Bonchev–Trinajstić information content (AvgIpc) is 3.32. The van der Waals surface area contributed by atoms with E-state index in [-0.39, 0.29) is 6.47 Å². The van der Waals surface area contributed by atoms with Crippen molar-refractivity contribution in [2.45, 2.75) is 26.3 Å². The molecule has 1 aliphatic heterocycles. The van der Waals surface area contributed by atoms with Gasteiger partial charge in [-0.25, -0.2) is 4.98 Å². The Morgan fingerprint density at radius 2 is 1.82 bits per heavy atom. The van der Waals surface area contributed by atoms with Crippen molar-refractivity contribution in [2.24, 2.45) is 5.92 Å². The first-order valence-corrected chi connectivity index (χ1v) is 9.29. The van der Waals surface area contributed by atoms with Crippen LogP contribution in [0.4, 0.5) is 0 Å². The molecule has 0 spiro atoms. The number of imidazole rings is 1. The molecule has 0 aliphatic carbocycles. The summed E-state index contributed by atoms with van der Waals surface area (Å²) in [6, 6.07) is 10.9. The van der Waals surface area contributed by atoms with Crippen molar-refractivity contribution in [1.82, 2.24) is 14.5 Å². The van der Waals surface area contributed by atoms with Crippen LogP contribution in [-0.4, -0.2) is 39.3 Å². The summed E-state index contributed by atoms with van der Waals surface area (Å²) in [7, 11) is 0. The molecule has 0 saturated carbocycles. The molecule has 0 unspecified atom stereocenters. The second-order valence-corrected chi connectivity index (χ2v) is 6.95. The number of benzene rings is 1. The highest BCUT2D eigenvalue weighted by molar-refractivity contribution is 5.65. The first-order chi connectivity index (χ1) is 13.7. The number of carbonyl (C=O) groups is 1. The zero-order valence-electron chi connectivity index (χ0n) is 16.2. The molecule has 6 heteroatoms. The minimum atomic E-state index is -0.250. The first-order valence-electron chi connectivity index (χ1n) is 9.29. The quantitative estimate of drug-likeness (QED) is 0.700. The van der Waals surface area contributed by atoms with Crippen LogP contribution in [0, 0.1) is 19.8 Å². The Hall–Kier alpha value is -2.99. The van der Waals surface area contributed by atoms with Gasteiger partial charge in [0, 0.05) is 36.3 Å². The molecule has 28 heavy (non-hydrogen) atoms. The van der Waals surface area contributed by atoms with Crippen LogP contribution in [0.15, 0.2) is 55.1 Å². The highest BCUT2D eigenvalue weighted by Gasteiger charge is 2.31. The summed E-state index contributed by atoms with van der Waals surface area (Å²) in [5, 5.41) is 6.89. The molecular formula is C22H25N3O3. The van der Waals surface area contributed by atoms with Gasteiger partial charge in [-0.15, -0.1) is 0 Å². The smallest absolute Gasteiger partial charge is 0.290 e. The summed E-state index contributed by atoms with van der Waals surface area (Å²) in [4.78, 5) is 17.2. The molecule has 1 N–H and O–H groups in total. The molecule has 1 saturated heterocycles. The van der Waals surface area contributed by atoms with Gasteiger partial charge in [0.25, 0.3) is 6.47 Å². The third kappa shape index (κ3) is 4.28. The highest BCUT2D eigenvalue weighted by Crippen LogP contribution is 2.34. The summed E-state index contributed by atoms with van der Waals surface area (Å²) in [6.07, 6.45) is 8.72. The fourth-order valence-corrected chi connectivity index (χ4v) is 3.85. The number of aromatic nitrogens is 3. The van der Waals surface area contributed by atoms with Gasteiger partial charge >= 0.3 is 0 Å². The number of pyridine rings is 1. The van der Waals surface area contributed by atoms with E-state index in [1.165, 1.54) is 22.3 Å². The molecule has 2 atom stereocenters. The second-order valence-electron chi connectivity index (χ2n) is 6.95. The Morgan fingerprint density at radius 1 is 1.14 bits per heavy atom. The van der Waals surface area contributed by atoms with Gasteiger partial charge in [-0.3, -0.25) is 9.78 Å². The van der Waals surface area contributed by atoms with E-state index in [0.717, 1.165) is 25.5 Å². The molecule has 0 amide bonds. The lowest BCUT2D eigenvalue weighted by Crippen LogP contribution is -2.20. The third-order valence-electron chi connectivity index (χ3n) is 5.14. The van der Waals surface area contributed by atoms with Crippen molar-refractivity contribution in [2.75, 3.05) is 13.2 Å². The normalized spacial score (nSPS) is 18.4. The van der Waals surface area contributed by atoms with E-state index < -0.39 is 0 Å². The summed E-state index contributed by atoms with van der Waals surface area (Å²) in [5.41, 5.74) is 5.07. The van der Waals surface area contributed by atoms with Crippen molar-refractivity contribution < 1.29 is 14.6 Å². The summed E-state index contributed by atoms with van der Waals surface area (Å²) < 4.78 is 8.17. The van der Waals surface area contributed by atoms with Gasteiger partial charge in [0.2, 0.25) is 0 Å². The Kier molecular flexibility index (Phi) is 6.55. The fraction of sp³-hybridized carbons (Fsp3) is 0.318. The number of hydrogen-bond donors (Lipinski definition) is 1. The van der Waals surface area contributed by atoms with Crippen molar-refractivity contribution in [1.29, 1.82) is 0 Å². The number of aryl methyl sites for hydroxylation is 2. The maximum absolute atomic E-state index is 8.36. The predicted octanol–water partition coefficient (Wildman–Crippen LogP) is 3.69.